The molecule has 0 heterocycles. The zero-order chi connectivity index (χ0) is 15.6. The highest BCUT2D eigenvalue weighted by molar-refractivity contribution is 6.03. The standard InChI is InChI=1S/C10H11F7O2/c1-3-5(2)6(18)4-7(19)8(11,12)9(13,14)10(15,16)17/h5H,3-4H2,1-2H3. The maximum Gasteiger partial charge on any atom is 0.460 e. The summed E-state index contributed by atoms with van der Waals surface area (Å²) in [5.74, 6) is -17.2. The highest BCUT2D eigenvalue weighted by atomic mass is 19.4. The lowest BCUT2D eigenvalue weighted by atomic mass is 9.95. The van der Waals surface area contributed by atoms with Crippen LogP contribution in [0.15, 0.2) is 0 Å². The molecule has 0 fully saturated rings. The zero-order valence-electron chi connectivity index (χ0n) is 9.95. The molecule has 1 unspecified atom stereocenters. The molecule has 0 spiro atoms. The first-order chi connectivity index (χ1) is 8.29. The van der Waals surface area contributed by atoms with Crippen molar-refractivity contribution in [3.8, 4) is 0 Å². The van der Waals surface area contributed by atoms with Gasteiger partial charge in [-0.15, -0.1) is 0 Å². The van der Waals surface area contributed by atoms with Gasteiger partial charge in [-0.2, -0.15) is 30.7 Å². The lowest BCUT2D eigenvalue weighted by Crippen LogP contribution is -2.56. The van der Waals surface area contributed by atoms with Gasteiger partial charge in [-0.1, -0.05) is 13.8 Å². The highest BCUT2D eigenvalue weighted by Gasteiger charge is 2.75. The number of Topliss-reactive ketones (excluding diaryl/α,β-unsaturated/α-hetero) is 2. The Morgan fingerprint density at radius 2 is 1.42 bits per heavy atom. The fourth-order valence-corrected chi connectivity index (χ4v) is 1.02. The van der Waals surface area contributed by atoms with Gasteiger partial charge in [0.2, 0.25) is 5.78 Å². The summed E-state index contributed by atoms with van der Waals surface area (Å²) in [4.78, 5) is 22.0. The van der Waals surface area contributed by atoms with Gasteiger partial charge < -0.3 is 0 Å². The summed E-state index contributed by atoms with van der Waals surface area (Å²) < 4.78 is 86.0. The largest absolute Gasteiger partial charge is 0.460 e. The predicted octanol–water partition coefficient (Wildman–Crippen LogP) is 3.39. The first-order valence-electron chi connectivity index (χ1n) is 5.17. The molecule has 0 aliphatic rings. The maximum absolute atomic E-state index is 12.8. The SMILES string of the molecule is CCC(C)C(=O)CC(=O)C(F)(F)C(F)(F)C(F)(F)F. The summed E-state index contributed by atoms with van der Waals surface area (Å²) in [7, 11) is 0. The van der Waals surface area contributed by atoms with Crippen molar-refractivity contribution >= 4 is 11.6 Å². The van der Waals surface area contributed by atoms with Crippen LogP contribution in [-0.2, 0) is 9.59 Å². The number of hydrogen-bond acceptors (Lipinski definition) is 2. The third-order valence-electron chi connectivity index (χ3n) is 2.60. The molecule has 0 aromatic rings. The number of hydrogen-bond donors (Lipinski definition) is 0. The highest BCUT2D eigenvalue weighted by Crippen LogP contribution is 2.47. The minimum Gasteiger partial charge on any atom is -0.299 e. The Labute approximate surface area is 104 Å². The summed E-state index contributed by atoms with van der Waals surface area (Å²) in [6, 6.07) is 0. The topological polar surface area (TPSA) is 34.1 Å². The third-order valence-corrected chi connectivity index (χ3v) is 2.60. The van der Waals surface area contributed by atoms with Crippen LogP contribution >= 0.6 is 0 Å². The molecule has 0 amide bonds. The van der Waals surface area contributed by atoms with Gasteiger partial charge in [-0.05, 0) is 6.42 Å². The Balaban J connectivity index is 5.13. The molecule has 19 heavy (non-hydrogen) atoms. The Morgan fingerprint density at radius 1 is 1.00 bits per heavy atom. The normalized spacial score (nSPS) is 15.2. The van der Waals surface area contributed by atoms with Crippen LogP contribution in [-0.4, -0.2) is 29.6 Å². The summed E-state index contributed by atoms with van der Waals surface area (Å²) in [6.45, 7) is 2.71. The van der Waals surface area contributed by atoms with Gasteiger partial charge in [0.25, 0.3) is 0 Å². The van der Waals surface area contributed by atoms with Gasteiger partial charge >= 0.3 is 18.0 Å². The van der Waals surface area contributed by atoms with E-state index in [0.717, 1.165) is 0 Å². The van der Waals surface area contributed by atoms with Crippen molar-refractivity contribution in [1.29, 1.82) is 0 Å². The second-order valence-electron chi connectivity index (χ2n) is 4.02. The molecule has 0 saturated heterocycles. The Hall–Kier alpha value is -1.15. The Morgan fingerprint density at radius 3 is 1.74 bits per heavy atom. The van der Waals surface area contributed by atoms with E-state index >= 15 is 0 Å². The minimum absolute atomic E-state index is 0.146. The molecule has 0 aromatic heterocycles. The van der Waals surface area contributed by atoms with Crippen LogP contribution in [0.25, 0.3) is 0 Å². The van der Waals surface area contributed by atoms with E-state index in [1.165, 1.54) is 13.8 Å². The lowest BCUT2D eigenvalue weighted by Gasteiger charge is -2.27. The van der Waals surface area contributed by atoms with E-state index in [9.17, 15) is 40.3 Å². The average molecular weight is 296 g/mol. The van der Waals surface area contributed by atoms with Crippen molar-refractivity contribution in [2.45, 2.75) is 44.7 Å². The second kappa shape index (κ2) is 5.46. The van der Waals surface area contributed by atoms with Crippen molar-refractivity contribution in [3.05, 3.63) is 0 Å². The lowest BCUT2D eigenvalue weighted by molar-refractivity contribution is -0.343. The van der Waals surface area contributed by atoms with E-state index in [4.69, 9.17) is 0 Å². The summed E-state index contributed by atoms with van der Waals surface area (Å²) in [5.41, 5.74) is 0. The van der Waals surface area contributed by atoms with E-state index < -0.39 is 41.9 Å². The molecular formula is C10H11F7O2. The molecular weight excluding hydrogens is 285 g/mol. The van der Waals surface area contributed by atoms with Gasteiger partial charge in [0.05, 0.1) is 6.42 Å². The Kier molecular flexibility index (Phi) is 5.13. The number of carbonyl (C=O) groups excluding carboxylic acids is 2. The predicted molar refractivity (Wildman–Crippen MR) is 50.0 cm³/mol. The maximum atomic E-state index is 12.8. The Bertz CT molecular complexity index is 359. The molecule has 0 bridgehead atoms. The molecule has 0 rings (SSSR count). The van der Waals surface area contributed by atoms with Crippen molar-refractivity contribution in [1.82, 2.24) is 0 Å². The molecule has 9 heteroatoms. The van der Waals surface area contributed by atoms with E-state index in [2.05, 4.69) is 0 Å². The van der Waals surface area contributed by atoms with Gasteiger partial charge in [-0.3, -0.25) is 9.59 Å². The molecule has 0 saturated carbocycles. The van der Waals surface area contributed by atoms with Crippen molar-refractivity contribution in [2.75, 3.05) is 0 Å². The first kappa shape index (κ1) is 17.8. The van der Waals surface area contributed by atoms with Crippen LogP contribution in [0, 0.1) is 5.92 Å². The summed E-state index contributed by atoms with van der Waals surface area (Å²) >= 11 is 0. The molecule has 0 N–H and O–H groups in total. The van der Waals surface area contributed by atoms with Crippen LogP contribution in [0.2, 0.25) is 0 Å². The molecule has 0 aromatic carbocycles. The number of halogens is 7. The molecule has 112 valence electrons. The van der Waals surface area contributed by atoms with Crippen LogP contribution in [0.4, 0.5) is 30.7 Å². The fourth-order valence-electron chi connectivity index (χ4n) is 1.02. The molecule has 2 nitrogen and oxygen atoms in total. The fraction of sp³-hybridized carbons (Fsp3) is 0.800. The van der Waals surface area contributed by atoms with E-state index in [-0.39, 0.29) is 6.42 Å². The van der Waals surface area contributed by atoms with E-state index in [0.29, 0.717) is 0 Å². The van der Waals surface area contributed by atoms with Gasteiger partial charge in [0, 0.05) is 5.92 Å². The van der Waals surface area contributed by atoms with Crippen LogP contribution in [0.1, 0.15) is 26.7 Å². The average Bonchev–Trinajstić information content (AvgIpc) is 2.25. The van der Waals surface area contributed by atoms with E-state index in [1.807, 2.05) is 0 Å². The van der Waals surface area contributed by atoms with Gasteiger partial charge in [0.15, 0.2) is 0 Å². The van der Waals surface area contributed by atoms with Crippen LogP contribution < -0.4 is 0 Å². The zero-order valence-corrected chi connectivity index (χ0v) is 9.95. The summed E-state index contributed by atoms with van der Waals surface area (Å²) in [5, 5.41) is 0. The first-order valence-corrected chi connectivity index (χ1v) is 5.17. The smallest absolute Gasteiger partial charge is 0.299 e. The van der Waals surface area contributed by atoms with Crippen LogP contribution in [0.5, 0.6) is 0 Å². The molecule has 1 atom stereocenters. The monoisotopic (exact) mass is 296 g/mol. The number of ketones is 2. The molecule has 0 aliphatic heterocycles. The van der Waals surface area contributed by atoms with Crippen molar-refractivity contribution in [3.63, 3.8) is 0 Å². The van der Waals surface area contributed by atoms with E-state index in [1.54, 1.807) is 0 Å². The molecule has 0 aliphatic carbocycles. The number of rotatable bonds is 6. The van der Waals surface area contributed by atoms with Crippen LogP contribution in [0.3, 0.4) is 0 Å². The number of carbonyl (C=O) groups is 2. The molecule has 0 radical (unpaired) electrons. The van der Waals surface area contributed by atoms with Gasteiger partial charge in [-0.25, -0.2) is 0 Å². The summed E-state index contributed by atoms with van der Waals surface area (Å²) in [6.07, 6.45) is -8.09. The van der Waals surface area contributed by atoms with Gasteiger partial charge in [0.1, 0.15) is 5.78 Å². The van der Waals surface area contributed by atoms with Crippen molar-refractivity contribution in [2.24, 2.45) is 5.92 Å². The minimum atomic E-state index is -6.58. The quantitative estimate of drug-likeness (QED) is 0.556. The van der Waals surface area contributed by atoms with Crippen molar-refractivity contribution < 1.29 is 40.3 Å². The number of alkyl halides is 7. The second-order valence-corrected chi connectivity index (χ2v) is 4.02. The third kappa shape index (κ3) is 3.44.